The number of carbonyl (C=O) groups excluding carboxylic acids is 2. The molecule has 0 unspecified atom stereocenters. The third-order valence-electron chi connectivity index (χ3n) is 8.98. The second kappa shape index (κ2) is 9.89. The van der Waals surface area contributed by atoms with Crippen LogP contribution in [0.2, 0.25) is 0 Å². The van der Waals surface area contributed by atoms with Crippen molar-refractivity contribution in [3.8, 4) is 11.3 Å². The van der Waals surface area contributed by atoms with Crippen molar-refractivity contribution in [2.45, 2.75) is 83.7 Å². The number of benzene rings is 1. The zero-order valence-electron chi connectivity index (χ0n) is 23.7. The van der Waals surface area contributed by atoms with Crippen LogP contribution >= 0.6 is 0 Å². The van der Waals surface area contributed by atoms with E-state index in [9.17, 15) is 27.9 Å². The molecule has 3 aliphatic rings. The highest BCUT2D eigenvalue weighted by atomic mass is 19.4. The largest absolute Gasteiger partial charge is 0.417 e. The van der Waals surface area contributed by atoms with E-state index >= 15 is 0 Å². The first-order valence-corrected chi connectivity index (χ1v) is 14.3. The van der Waals surface area contributed by atoms with Crippen LogP contribution in [0.5, 0.6) is 0 Å². The van der Waals surface area contributed by atoms with Crippen LogP contribution in [0.4, 0.5) is 19.0 Å². The number of halogens is 3. The molecule has 3 N–H and O–H groups in total. The third-order valence-corrected chi connectivity index (χ3v) is 8.98. The fourth-order valence-electron chi connectivity index (χ4n) is 6.29. The van der Waals surface area contributed by atoms with Gasteiger partial charge in [-0.2, -0.15) is 13.2 Å². The Kier molecular flexibility index (Phi) is 6.67. The zero-order valence-corrected chi connectivity index (χ0v) is 23.7. The lowest BCUT2D eigenvalue weighted by Crippen LogP contribution is -2.35. The summed E-state index contributed by atoms with van der Waals surface area (Å²) in [4.78, 5) is 36.7. The van der Waals surface area contributed by atoms with Gasteiger partial charge in [-0.15, -0.1) is 5.10 Å². The predicted molar refractivity (Wildman–Crippen MR) is 150 cm³/mol. The summed E-state index contributed by atoms with van der Waals surface area (Å²) in [5.74, 6) is -0.891. The summed E-state index contributed by atoms with van der Waals surface area (Å²) in [6, 6.07) is 3.88. The van der Waals surface area contributed by atoms with Crippen LogP contribution in [0.15, 0.2) is 29.4 Å². The maximum atomic E-state index is 14.3. The molecule has 0 bridgehead atoms. The lowest BCUT2D eigenvalue weighted by atomic mass is 9.78. The molecular formula is C30H33F3N6O3. The van der Waals surface area contributed by atoms with Gasteiger partial charge in [0.15, 0.2) is 11.5 Å². The number of nitrogens with zero attached hydrogens (tertiary/aromatic N) is 5. The normalized spacial score (nSPS) is 20.3. The smallest absolute Gasteiger partial charge is 0.390 e. The number of aliphatic imine (C=N–C) groups is 1. The molecule has 1 aliphatic heterocycles. The van der Waals surface area contributed by atoms with Crippen LogP contribution in [-0.2, 0) is 12.7 Å². The number of nitrogen functional groups attached to an aromatic ring is 1. The molecule has 42 heavy (non-hydrogen) atoms. The van der Waals surface area contributed by atoms with E-state index in [1.165, 1.54) is 21.7 Å². The van der Waals surface area contributed by atoms with Gasteiger partial charge < -0.3 is 15.7 Å². The van der Waals surface area contributed by atoms with Gasteiger partial charge in [0.1, 0.15) is 5.56 Å². The summed E-state index contributed by atoms with van der Waals surface area (Å²) in [5, 5.41) is 14.5. The summed E-state index contributed by atoms with van der Waals surface area (Å²) in [6.45, 7) is 5.53. The van der Waals surface area contributed by atoms with E-state index in [1.54, 1.807) is 19.9 Å². The molecular weight excluding hydrogens is 549 g/mol. The van der Waals surface area contributed by atoms with E-state index in [4.69, 9.17) is 5.73 Å². The summed E-state index contributed by atoms with van der Waals surface area (Å²) < 4.78 is 44.1. The molecule has 3 aromatic rings. The maximum absolute atomic E-state index is 14.3. The number of rotatable bonds is 5. The van der Waals surface area contributed by atoms with Gasteiger partial charge in [0.2, 0.25) is 0 Å². The highest BCUT2D eigenvalue weighted by Gasteiger charge is 2.44. The Morgan fingerprint density at radius 1 is 1.17 bits per heavy atom. The molecule has 2 aromatic heterocycles. The molecule has 3 heterocycles. The number of hydrogen-bond acceptors (Lipinski definition) is 6. The average molecular weight is 583 g/mol. The molecule has 2 saturated carbocycles. The van der Waals surface area contributed by atoms with Gasteiger partial charge in [-0.1, -0.05) is 0 Å². The van der Waals surface area contributed by atoms with Crippen molar-refractivity contribution < 1.29 is 27.9 Å². The minimum Gasteiger partial charge on any atom is -0.390 e. The van der Waals surface area contributed by atoms with Crippen molar-refractivity contribution in [1.29, 1.82) is 0 Å². The Morgan fingerprint density at radius 3 is 2.48 bits per heavy atom. The number of hydrogen-bond donors (Lipinski definition) is 2. The van der Waals surface area contributed by atoms with Gasteiger partial charge >= 0.3 is 6.18 Å². The monoisotopic (exact) mass is 582 g/mol. The first-order valence-electron chi connectivity index (χ1n) is 14.3. The highest BCUT2D eigenvalue weighted by molar-refractivity contribution is 6.10. The molecule has 9 nitrogen and oxygen atoms in total. The quantitative estimate of drug-likeness (QED) is 0.421. The number of aromatic nitrogens is 3. The van der Waals surface area contributed by atoms with Crippen LogP contribution in [0.1, 0.15) is 91.1 Å². The average Bonchev–Trinajstić information content (AvgIpc) is 3.64. The summed E-state index contributed by atoms with van der Waals surface area (Å²) >= 11 is 0. The second-order valence-corrected chi connectivity index (χ2v) is 12.3. The third kappa shape index (κ3) is 5.05. The Morgan fingerprint density at radius 2 is 1.86 bits per heavy atom. The Bertz CT molecular complexity index is 1620. The lowest BCUT2D eigenvalue weighted by Gasteiger charge is -2.32. The summed E-state index contributed by atoms with van der Waals surface area (Å²) in [7, 11) is 0. The maximum Gasteiger partial charge on any atom is 0.417 e. The van der Waals surface area contributed by atoms with E-state index in [0.717, 1.165) is 18.9 Å². The van der Waals surface area contributed by atoms with Gasteiger partial charge in [-0.05, 0) is 94.9 Å². The molecule has 2 aliphatic carbocycles. The number of carbonyl (C=O) groups is 2. The number of aliphatic hydroxyl groups is 1. The topological polar surface area (TPSA) is 126 Å². The van der Waals surface area contributed by atoms with E-state index in [1.807, 2.05) is 6.92 Å². The molecule has 0 radical (unpaired) electrons. The first-order chi connectivity index (χ1) is 19.7. The molecule has 2 fully saturated rings. The predicted octanol–water partition coefficient (Wildman–Crippen LogP) is 5.29. The van der Waals surface area contributed by atoms with Crippen LogP contribution < -0.4 is 5.73 Å². The van der Waals surface area contributed by atoms with Gasteiger partial charge in [-0.25, -0.2) is 14.5 Å². The van der Waals surface area contributed by atoms with E-state index in [0.29, 0.717) is 42.9 Å². The van der Waals surface area contributed by atoms with Crippen LogP contribution in [0.25, 0.3) is 16.9 Å². The minimum absolute atomic E-state index is 0.0224. The van der Waals surface area contributed by atoms with Crippen molar-refractivity contribution in [3.63, 3.8) is 0 Å². The zero-order chi connectivity index (χ0) is 30.1. The van der Waals surface area contributed by atoms with Gasteiger partial charge in [-0.3, -0.25) is 9.59 Å². The highest BCUT2D eigenvalue weighted by Crippen LogP contribution is 2.43. The number of alkyl halides is 3. The SMILES string of the molecule is C[C@@H](C1CC1)N1Cc2cc(-c3ccn4nc(N)c(C(=O)N=C5CCC(C(C)(C)O)CC5)c4n3)cc(C(F)(F)F)c2C1=O. The van der Waals surface area contributed by atoms with Crippen molar-refractivity contribution in [2.75, 3.05) is 5.73 Å². The van der Waals surface area contributed by atoms with Crippen molar-refractivity contribution in [1.82, 2.24) is 19.5 Å². The van der Waals surface area contributed by atoms with Crippen LogP contribution in [-0.4, -0.2) is 53.8 Å². The minimum atomic E-state index is -4.75. The summed E-state index contributed by atoms with van der Waals surface area (Å²) in [6.07, 6.45) is 1.17. The molecule has 2 amide bonds. The molecule has 1 aromatic carbocycles. The molecule has 0 saturated heterocycles. The van der Waals surface area contributed by atoms with E-state index in [-0.39, 0.29) is 52.4 Å². The van der Waals surface area contributed by atoms with Crippen molar-refractivity contribution in [2.24, 2.45) is 16.8 Å². The number of amides is 2. The number of nitrogens with two attached hydrogens (primary N) is 1. The van der Waals surface area contributed by atoms with Gasteiger partial charge in [0.05, 0.1) is 22.4 Å². The molecule has 1 atom stereocenters. The van der Waals surface area contributed by atoms with Gasteiger partial charge in [0.25, 0.3) is 11.8 Å². The van der Waals surface area contributed by atoms with Gasteiger partial charge in [0, 0.05) is 30.1 Å². The van der Waals surface area contributed by atoms with Crippen LogP contribution in [0, 0.1) is 11.8 Å². The second-order valence-electron chi connectivity index (χ2n) is 12.3. The fourth-order valence-corrected chi connectivity index (χ4v) is 6.29. The van der Waals surface area contributed by atoms with Crippen molar-refractivity contribution in [3.05, 3.63) is 46.6 Å². The molecule has 6 rings (SSSR count). The Hall–Kier alpha value is -3.80. The van der Waals surface area contributed by atoms with Crippen LogP contribution in [0.3, 0.4) is 0 Å². The van der Waals surface area contributed by atoms with E-state index in [2.05, 4.69) is 15.1 Å². The summed E-state index contributed by atoms with van der Waals surface area (Å²) in [5.41, 5.74) is 5.38. The Labute approximate surface area is 240 Å². The standard InChI is InChI=1S/C30H33F3N6O3/c1-15(16-4-5-16)38-14-18-12-17(13-21(30(31,32)33)23(18)28(38)41)22-10-11-39-26(36-22)24(25(34)37-39)27(40)35-20-8-6-19(7-9-20)29(2,3)42/h10-13,15-16,19,42H,4-9,14H2,1-3H3,(H2,34,37)/t15-,19?/m0/s1. The van der Waals surface area contributed by atoms with E-state index < -0.39 is 29.2 Å². The lowest BCUT2D eigenvalue weighted by molar-refractivity contribution is -0.137. The molecule has 12 heteroatoms. The Balaban J connectivity index is 1.35. The van der Waals surface area contributed by atoms with Crippen molar-refractivity contribution >= 4 is 29.0 Å². The fraction of sp³-hybridized carbons (Fsp3) is 0.500. The first kappa shape index (κ1) is 28.3. The molecule has 222 valence electrons. The number of anilines is 1. The number of fused-ring (bicyclic) bond motifs is 2. The molecule has 0 spiro atoms.